The Kier molecular flexibility index (Phi) is 3.94. The predicted octanol–water partition coefficient (Wildman–Crippen LogP) is 2.88. The smallest absolute Gasteiger partial charge is 0.0935 e. The molecule has 0 aliphatic heterocycles. The van der Waals surface area contributed by atoms with Crippen LogP contribution in [0.4, 0.5) is 0 Å². The first-order valence-corrected chi connectivity index (χ1v) is 5.96. The highest BCUT2D eigenvalue weighted by molar-refractivity contribution is 5.27. The van der Waals surface area contributed by atoms with Crippen molar-refractivity contribution < 1.29 is 4.42 Å². The maximum atomic E-state index is 5.12. The summed E-state index contributed by atoms with van der Waals surface area (Å²) in [6.07, 6.45) is 8.23. The minimum atomic E-state index is 0.320. The Balaban J connectivity index is 2.20. The Labute approximate surface area is 102 Å². The van der Waals surface area contributed by atoms with Crippen molar-refractivity contribution in [2.75, 3.05) is 6.54 Å². The monoisotopic (exact) mass is 230 g/mol. The Morgan fingerprint density at radius 1 is 1.41 bits per heavy atom. The number of aromatic nitrogens is 1. The van der Waals surface area contributed by atoms with Gasteiger partial charge in [-0.3, -0.25) is 4.98 Å². The summed E-state index contributed by atoms with van der Waals surface area (Å²) in [5.41, 5.74) is 3.75. The molecule has 2 aromatic heterocycles. The molecule has 2 heterocycles. The zero-order chi connectivity index (χ0) is 12.1. The first kappa shape index (κ1) is 11.9. The molecule has 1 N–H and O–H groups in total. The zero-order valence-electron chi connectivity index (χ0n) is 10.3. The van der Waals surface area contributed by atoms with E-state index < -0.39 is 0 Å². The van der Waals surface area contributed by atoms with Gasteiger partial charge >= 0.3 is 0 Å². The number of nitrogens with zero attached hydrogens (tertiary/aromatic N) is 1. The SMILES string of the molecule is CCNC(Cc1ccoc1)c1ccncc1C. The van der Waals surface area contributed by atoms with E-state index in [0.717, 1.165) is 13.0 Å². The van der Waals surface area contributed by atoms with Gasteiger partial charge in [0, 0.05) is 18.4 Å². The molecule has 0 aromatic carbocycles. The maximum Gasteiger partial charge on any atom is 0.0935 e. The summed E-state index contributed by atoms with van der Waals surface area (Å²) in [6.45, 7) is 5.17. The van der Waals surface area contributed by atoms with Gasteiger partial charge < -0.3 is 9.73 Å². The maximum absolute atomic E-state index is 5.12. The third-order valence-electron chi connectivity index (χ3n) is 2.91. The second kappa shape index (κ2) is 5.64. The van der Waals surface area contributed by atoms with Crippen LogP contribution in [0.5, 0.6) is 0 Å². The van der Waals surface area contributed by atoms with Crippen LogP contribution >= 0.6 is 0 Å². The minimum absolute atomic E-state index is 0.320. The molecule has 0 fully saturated rings. The average Bonchev–Trinajstić information content (AvgIpc) is 2.82. The van der Waals surface area contributed by atoms with Crippen LogP contribution in [0.1, 0.15) is 29.7 Å². The van der Waals surface area contributed by atoms with Gasteiger partial charge in [0.1, 0.15) is 0 Å². The molecule has 0 aliphatic carbocycles. The Bertz CT molecular complexity index is 451. The molecule has 2 rings (SSSR count). The quantitative estimate of drug-likeness (QED) is 0.858. The first-order chi connectivity index (χ1) is 8.31. The summed E-state index contributed by atoms with van der Waals surface area (Å²) in [5.74, 6) is 0. The van der Waals surface area contributed by atoms with Crippen LogP contribution in [0.3, 0.4) is 0 Å². The molecule has 90 valence electrons. The van der Waals surface area contributed by atoms with Crippen molar-refractivity contribution >= 4 is 0 Å². The molecule has 17 heavy (non-hydrogen) atoms. The molecule has 0 bridgehead atoms. The topological polar surface area (TPSA) is 38.1 Å². The van der Waals surface area contributed by atoms with Crippen molar-refractivity contribution in [3.05, 3.63) is 53.7 Å². The lowest BCUT2D eigenvalue weighted by Gasteiger charge is -2.19. The molecule has 1 atom stereocenters. The summed E-state index contributed by atoms with van der Waals surface area (Å²) in [5, 5.41) is 3.51. The highest BCUT2D eigenvalue weighted by Crippen LogP contribution is 2.21. The second-order valence-electron chi connectivity index (χ2n) is 4.18. The number of likely N-dealkylation sites (N-methyl/N-ethyl adjacent to an activating group) is 1. The largest absolute Gasteiger partial charge is 0.472 e. The van der Waals surface area contributed by atoms with Crippen LogP contribution in [0.15, 0.2) is 41.5 Å². The van der Waals surface area contributed by atoms with E-state index in [2.05, 4.69) is 30.2 Å². The van der Waals surface area contributed by atoms with E-state index in [4.69, 9.17) is 4.42 Å². The van der Waals surface area contributed by atoms with Gasteiger partial charge in [0.15, 0.2) is 0 Å². The van der Waals surface area contributed by atoms with Gasteiger partial charge in [-0.05, 0) is 48.7 Å². The molecule has 0 saturated heterocycles. The van der Waals surface area contributed by atoms with Crippen LogP contribution in [0, 0.1) is 6.92 Å². The molecule has 0 radical (unpaired) electrons. The van der Waals surface area contributed by atoms with Crippen LogP contribution < -0.4 is 5.32 Å². The van der Waals surface area contributed by atoms with E-state index >= 15 is 0 Å². The molecule has 0 saturated carbocycles. The molecule has 0 spiro atoms. The number of hydrogen-bond acceptors (Lipinski definition) is 3. The highest BCUT2D eigenvalue weighted by atomic mass is 16.3. The first-order valence-electron chi connectivity index (χ1n) is 5.96. The summed E-state index contributed by atoms with van der Waals surface area (Å²) in [6, 6.07) is 4.42. The van der Waals surface area contributed by atoms with Gasteiger partial charge in [0.25, 0.3) is 0 Å². The lowest BCUT2D eigenvalue weighted by Crippen LogP contribution is -2.23. The number of aryl methyl sites for hydroxylation is 1. The van der Waals surface area contributed by atoms with Crippen molar-refractivity contribution in [1.29, 1.82) is 0 Å². The molecular weight excluding hydrogens is 212 g/mol. The summed E-state index contributed by atoms with van der Waals surface area (Å²) < 4.78 is 5.12. The van der Waals surface area contributed by atoms with E-state index in [1.54, 1.807) is 12.5 Å². The molecule has 2 aromatic rings. The second-order valence-corrected chi connectivity index (χ2v) is 4.18. The molecule has 3 heteroatoms. The summed E-state index contributed by atoms with van der Waals surface area (Å²) in [4.78, 5) is 4.14. The van der Waals surface area contributed by atoms with Crippen molar-refractivity contribution in [3.63, 3.8) is 0 Å². The third kappa shape index (κ3) is 2.94. The highest BCUT2D eigenvalue weighted by Gasteiger charge is 2.13. The molecule has 3 nitrogen and oxygen atoms in total. The van der Waals surface area contributed by atoms with E-state index in [-0.39, 0.29) is 0 Å². The normalized spacial score (nSPS) is 12.6. The molecular formula is C14H18N2O. The Morgan fingerprint density at radius 2 is 2.29 bits per heavy atom. The van der Waals surface area contributed by atoms with Gasteiger partial charge in [0.05, 0.1) is 12.5 Å². The van der Waals surface area contributed by atoms with Crippen LogP contribution in [0.2, 0.25) is 0 Å². The van der Waals surface area contributed by atoms with Gasteiger partial charge in [-0.1, -0.05) is 6.92 Å². The molecule has 1 unspecified atom stereocenters. The van der Waals surface area contributed by atoms with Crippen molar-refractivity contribution in [1.82, 2.24) is 10.3 Å². The fourth-order valence-electron chi connectivity index (χ4n) is 2.06. The van der Waals surface area contributed by atoms with Crippen LogP contribution in [-0.4, -0.2) is 11.5 Å². The summed E-state index contributed by atoms with van der Waals surface area (Å²) in [7, 11) is 0. The lowest BCUT2D eigenvalue weighted by atomic mass is 9.98. The van der Waals surface area contributed by atoms with E-state index in [1.807, 2.05) is 18.5 Å². The average molecular weight is 230 g/mol. The zero-order valence-corrected chi connectivity index (χ0v) is 10.3. The Morgan fingerprint density at radius 3 is 2.94 bits per heavy atom. The minimum Gasteiger partial charge on any atom is -0.472 e. The lowest BCUT2D eigenvalue weighted by molar-refractivity contribution is 0.533. The number of rotatable bonds is 5. The van der Waals surface area contributed by atoms with E-state index in [1.165, 1.54) is 16.7 Å². The van der Waals surface area contributed by atoms with Gasteiger partial charge in [-0.2, -0.15) is 0 Å². The van der Waals surface area contributed by atoms with Crippen molar-refractivity contribution in [2.45, 2.75) is 26.3 Å². The standard InChI is InChI=1S/C14H18N2O/c1-3-16-14(8-12-5-7-17-10-12)13-4-6-15-9-11(13)2/h4-7,9-10,14,16H,3,8H2,1-2H3. The fourth-order valence-corrected chi connectivity index (χ4v) is 2.06. The molecule has 0 aliphatic rings. The predicted molar refractivity (Wildman–Crippen MR) is 67.8 cm³/mol. The van der Waals surface area contributed by atoms with E-state index in [0.29, 0.717) is 6.04 Å². The molecule has 0 amide bonds. The van der Waals surface area contributed by atoms with Crippen molar-refractivity contribution in [3.8, 4) is 0 Å². The third-order valence-corrected chi connectivity index (χ3v) is 2.91. The van der Waals surface area contributed by atoms with E-state index in [9.17, 15) is 0 Å². The fraction of sp³-hybridized carbons (Fsp3) is 0.357. The Hall–Kier alpha value is -1.61. The number of nitrogens with one attached hydrogen (secondary N) is 1. The summed E-state index contributed by atoms with van der Waals surface area (Å²) >= 11 is 0. The van der Waals surface area contributed by atoms with Crippen LogP contribution in [0.25, 0.3) is 0 Å². The number of hydrogen-bond donors (Lipinski definition) is 1. The van der Waals surface area contributed by atoms with Crippen LogP contribution in [-0.2, 0) is 6.42 Å². The van der Waals surface area contributed by atoms with Gasteiger partial charge in [-0.15, -0.1) is 0 Å². The van der Waals surface area contributed by atoms with Gasteiger partial charge in [0.2, 0.25) is 0 Å². The van der Waals surface area contributed by atoms with Gasteiger partial charge in [-0.25, -0.2) is 0 Å². The van der Waals surface area contributed by atoms with Crippen molar-refractivity contribution in [2.24, 2.45) is 0 Å². The number of furan rings is 1. The number of pyridine rings is 1.